The number of amides is 1. The monoisotopic (exact) mass is 372 g/mol. The molecule has 5 nitrogen and oxygen atoms in total. The van der Waals surface area contributed by atoms with E-state index in [1.54, 1.807) is 23.9 Å². The van der Waals surface area contributed by atoms with Gasteiger partial charge in [0.25, 0.3) is 5.91 Å². The van der Waals surface area contributed by atoms with Crippen molar-refractivity contribution < 1.29 is 14.3 Å². The van der Waals surface area contributed by atoms with Crippen molar-refractivity contribution in [2.75, 3.05) is 37.9 Å². The zero-order valence-electron chi connectivity index (χ0n) is 15.3. The van der Waals surface area contributed by atoms with Gasteiger partial charge >= 0.3 is 5.97 Å². The summed E-state index contributed by atoms with van der Waals surface area (Å²) >= 11 is 1.67. The van der Waals surface area contributed by atoms with Crippen LogP contribution >= 0.6 is 11.8 Å². The van der Waals surface area contributed by atoms with Gasteiger partial charge in [-0.25, -0.2) is 4.79 Å². The molecular formula is C20H24N2O3S. The number of nitrogens with one attached hydrogen (secondary N) is 1. The molecule has 0 saturated heterocycles. The number of benzene rings is 2. The third-order valence-electron chi connectivity index (χ3n) is 3.67. The summed E-state index contributed by atoms with van der Waals surface area (Å²) in [6.45, 7) is 2.29. The van der Waals surface area contributed by atoms with Gasteiger partial charge in [0.1, 0.15) is 0 Å². The first-order valence-corrected chi connectivity index (χ1v) is 9.35. The Kier molecular flexibility index (Phi) is 7.53. The molecule has 26 heavy (non-hydrogen) atoms. The van der Waals surface area contributed by atoms with Gasteiger partial charge in [-0.1, -0.05) is 17.7 Å². The standard InChI is InChI=1S/C20H24N2O3S/c1-15-4-10-18(11-5-15)26-13-12-21-19(23)14-25-20(24)16-6-8-17(9-7-16)22(2)3/h4-11H,12-14H2,1-3H3,(H,21,23). The van der Waals surface area contributed by atoms with Gasteiger partial charge in [0, 0.05) is 37.0 Å². The Morgan fingerprint density at radius 1 is 1.04 bits per heavy atom. The lowest BCUT2D eigenvalue weighted by atomic mass is 10.2. The van der Waals surface area contributed by atoms with Gasteiger partial charge in [0.2, 0.25) is 0 Å². The molecular weight excluding hydrogens is 348 g/mol. The number of ether oxygens (including phenoxy) is 1. The summed E-state index contributed by atoms with van der Waals surface area (Å²) in [6.07, 6.45) is 0. The molecule has 0 aliphatic rings. The van der Waals surface area contributed by atoms with Crippen LogP contribution in [0.3, 0.4) is 0 Å². The van der Waals surface area contributed by atoms with Gasteiger partial charge in [0.05, 0.1) is 5.56 Å². The molecule has 0 fully saturated rings. The smallest absolute Gasteiger partial charge is 0.338 e. The Balaban J connectivity index is 1.66. The van der Waals surface area contributed by atoms with Gasteiger partial charge in [-0.2, -0.15) is 0 Å². The van der Waals surface area contributed by atoms with E-state index in [1.165, 1.54) is 5.56 Å². The highest BCUT2D eigenvalue weighted by Gasteiger charge is 2.10. The molecule has 6 heteroatoms. The Labute approximate surface area is 158 Å². The molecule has 1 N–H and O–H groups in total. The summed E-state index contributed by atoms with van der Waals surface area (Å²) in [7, 11) is 3.85. The first kappa shape index (κ1) is 19.8. The van der Waals surface area contributed by atoms with Crippen LogP contribution in [0.1, 0.15) is 15.9 Å². The maximum atomic E-state index is 12.0. The van der Waals surface area contributed by atoms with Crippen LogP contribution in [0.5, 0.6) is 0 Å². The largest absolute Gasteiger partial charge is 0.452 e. The normalized spacial score (nSPS) is 10.3. The van der Waals surface area contributed by atoms with Crippen molar-refractivity contribution >= 4 is 29.3 Å². The van der Waals surface area contributed by atoms with E-state index >= 15 is 0 Å². The van der Waals surface area contributed by atoms with Crippen LogP contribution in [0.15, 0.2) is 53.4 Å². The fourth-order valence-electron chi connectivity index (χ4n) is 2.15. The molecule has 2 rings (SSSR count). The molecule has 0 atom stereocenters. The summed E-state index contributed by atoms with van der Waals surface area (Å²) < 4.78 is 5.05. The first-order chi connectivity index (χ1) is 12.5. The van der Waals surface area contributed by atoms with Gasteiger partial charge in [-0.3, -0.25) is 4.79 Å². The number of nitrogens with zero attached hydrogens (tertiary/aromatic N) is 1. The van der Waals surface area contributed by atoms with Gasteiger partial charge in [-0.05, 0) is 43.3 Å². The number of carbonyl (C=O) groups excluding carboxylic acids is 2. The fraction of sp³-hybridized carbons (Fsp3) is 0.300. The number of thioether (sulfide) groups is 1. The zero-order valence-corrected chi connectivity index (χ0v) is 16.1. The van der Waals surface area contributed by atoms with Crippen molar-refractivity contribution in [1.29, 1.82) is 0 Å². The lowest BCUT2D eigenvalue weighted by Crippen LogP contribution is -2.30. The van der Waals surface area contributed by atoms with Crippen LogP contribution in [0, 0.1) is 6.92 Å². The third-order valence-corrected chi connectivity index (χ3v) is 4.68. The van der Waals surface area contributed by atoms with Gasteiger partial charge in [-0.15, -0.1) is 11.8 Å². The molecule has 0 heterocycles. The maximum Gasteiger partial charge on any atom is 0.338 e. The molecule has 0 aromatic heterocycles. The van der Waals surface area contributed by atoms with E-state index in [0.717, 1.165) is 16.3 Å². The quantitative estimate of drug-likeness (QED) is 0.438. The Bertz CT molecular complexity index is 728. The van der Waals surface area contributed by atoms with E-state index in [-0.39, 0.29) is 12.5 Å². The number of hydrogen-bond acceptors (Lipinski definition) is 5. The molecule has 2 aromatic rings. The average molecular weight is 372 g/mol. The Hall–Kier alpha value is -2.47. The van der Waals surface area contributed by atoms with Crippen molar-refractivity contribution in [3.05, 3.63) is 59.7 Å². The topological polar surface area (TPSA) is 58.6 Å². The number of anilines is 1. The lowest BCUT2D eigenvalue weighted by molar-refractivity contribution is -0.124. The number of hydrogen-bond donors (Lipinski definition) is 1. The van der Waals surface area contributed by atoms with Gasteiger partial charge < -0.3 is 15.0 Å². The number of rotatable bonds is 8. The SMILES string of the molecule is Cc1ccc(SCCNC(=O)COC(=O)c2ccc(N(C)C)cc2)cc1. The average Bonchev–Trinajstić information content (AvgIpc) is 2.64. The Morgan fingerprint density at radius 2 is 1.69 bits per heavy atom. The molecule has 138 valence electrons. The molecule has 1 amide bonds. The zero-order chi connectivity index (χ0) is 18.9. The second-order valence-electron chi connectivity index (χ2n) is 6.03. The van der Waals surface area contributed by atoms with Crippen molar-refractivity contribution in [2.45, 2.75) is 11.8 Å². The fourth-order valence-corrected chi connectivity index (χ4v) is 2.92. The highest BCUT2D eigenvalue weighted by atomic mass is 32.2. The number of aryl methyl sites for hydroxylation is 1. The second kappa shape index (κ2) is 9.87. The molecule has 0 unspecified atom stereocenters. The Morgan fingerprint density at radius 3 is 2.31 bits per heavy atom. The molecule has 0 aliphatic heterocycles. The summed E-state index contributed by atoms with van der Waals surface area (Å²) in [5.74, 6) is -0.0402. The summed E-state index contributed by atoms with van der Waals surface area (Å²) in [5, 5.41) is 2.75. The summed E-state index contributed by atoms with van der Waals surface area (Å²) in [5.41, 5.74) is 2.64. The molecule has 0 bridgehead atoms. The van der Waals surface area contributed by atoms with E-state index < -0.39 is 5.97 Å². The number of esters is 1. The van der Waals surface area contributed by atoms with Crippen LogP contribution in [-0.2, 0) is 9.53 Å². The second-order valence-corrected chi connectivity index (χ2v) is 7.20. The highest BCUT2D eigenvalue weighted by molar-refractivity contribution is 7.99. The van der Waals surface area contributed by atoms with Crippen LogP contribution in [0.4, 0.5) is 5.69 Å². The highest BCUT2D eigenvalue weighted by Crippen LogP contribution is 2.17. The number of carbonyl (C=O) groups is 2. The van der Waals surface area contributed by atoms with Crippen LogP contribution < -0.4 is 10.2 Å². The first-order valence-electron chi connectivity index (χ1n) is 8.36. The minimum absolute atomic E-state index is 0.274. The van der Waals surface area contributed by atoms with Crippen molar-refractivity contribution in [2.24, 2.45) is 0 Å². The van der Waals surface area contributed by atoms with Crippen LogP contribution in [-0.4, -0.2) is 44.9 Å². The predicted molar refractivity (Wildman–Crippen MR) is 106 cm³/mol. The molecule has 2 aromatic carbocycles. The third kappa shape index (κ3) is 6.44. The minimum atomic E-state index is -0.500. The van der Waals surface area contributed by atoms with Crippen molar-refractivity contribution in [3.8, 4) is 0 Å². The molecule has 0 spiro atoms. The molecule has 0 radical (unpaired) electrons. The van der Waals surface area contributed by atoms with Crippen LogP contribution in [0.2, 0.25) is 0 Å². The minimum Gasteiger partial charge on any atom is -0.452 e. The lowest BCUT2D eigenvalue weighted by Gasteiger charge is -2.12. The van der Waals surface area contributed by atoms with E-state index in [2.05, 4.69) is 29.6 Å². The van der Waals surface area contributed by atoms with Crippen molar-refractivity contribution in [1.82, 2.24) is 5.32 Å². The van der Waals surface area contributed by atoms with E-state index in [9.17, 15) is 9.59 Å². The van der Waals surface area contributed by atoms with Gasteiger partial charge in [0.15, 0.2) is 6.61 Å². The van der Waals surface area contributed by atoms with Crippen LogP contribution in [0.25, 0.3) is 0 Å². The van der Waals surface area contributed by atoms with E-state index in [1.807, 2.05) is 38.1 Å². The maximum absolute atomic E-state index is 12.0. The predicted octanol–water partition coefficient (Wildman–Crippen LogP) is 3.13. The van der Waals surface area contributed by atoms with E-state index in [4.69, 9.17) is 4.74 Å². The molecule has 0 aliphatic carbocycles. The summed E-state index contributed by atoms with van der Waals surface area (Å²) in [6, 6.07) is 15.3. The van der Waals surface area contributed by atoms with E-state index in [0.29, 0.717) is 12.1 Å². The summed E-state index contributed by atoms with van der Waals surface area (Å²) in [4.78, 5) is 26.8. The molecule has 0 saturated carbocycles. The van der Waals surface area contributed by atoms with Crippen molar-refractivity contribution in [3.63, 3.8) is 0 Å².